The van der Waals surface area contributed by atoms with Crippen LogP contribution in [0.15, 0.2) is 40.3 Å². The van der Waals surface area contributed by atoms with Crippen LogP contribution in [0.5, 0.6) is 0 Å². The topological polar surface area (TPSA) is 44.1 Å². The van der Waals surface area contributed by atoms with Crippen LogP contribution in [-0.2, 0) is 24.3 Å². The summed E-state index contributed by atoms with van der Waals surface area (Å²) in [7, 11) is 0. The van der Waals surface area contributed by atoms with E-state index in [0.717, 1.165) is 44.2 Å². The maximum atomic E-state index is 13.6. The zero-order valence-corrected chi connectivity index (χ0v) is 18.5. The second-order valence-corrected chi connectivity index (χ2v) is 10.5. The van der Waals surface area contributed by atoms with Crippen molar-refractivity contribution in [2.45, 2.75) is 69.7 Å². The molecular weight excluding hydrogens is 388 g/mol. The van der Waals surface area contributed by atoms with Gasteiger partial charge >= 0.3 is 0 Å². The molecule has 0 aliphatic carbocycles. The third-order valence-corrected chi connectivity index (χ3v) is 7.43. The van der Waals surface area contributed by atoms with Crippen molar-refractivity contribution in [2.24, 2.45) is 0 Å². The van der Waals surface area contributed by atoms with E-state index in [0.29, 0.717) is 18.4 Å². The average molecular weight is 415 g/mol. The summed E-state index contributed by atoms with van der Waals surface area (Å²) in [6.07, 6.45) is 1.70. The lowest BCUT2D eigenvalue weighted by molar-refractivity contribution is -0.0543. The normalized spacial score (nSPS) is 19.3. The van der Waals surface area contributed by atoms with Crippen LogP contribution in [0.4, 0.5) is 0 Å². The number of ether oxygens (including phenoxy) is 1. The van der Waals surface area contributed by atoms with Gasteiger partial charge in [0.25, 0.3) is 5.56 Å². The van der Waals surface area contributed by atoms with Gasteiger partial charge in [0.15, 0.2) is 5.16 Å². The largest absolute Gasteiger partial charge is 0.369 e. The van der Waals surface area contributed by atoms with E-state index in [1.54, 1.807) is 23.1 Å². The Morgan fingerprint density at radius 1 is 1.32 bits per heavy atom. The van der Waals surface area contributed by atoms with Gasteiger partial charge in [-0.15, -0.1) is 11.3 Å². The Hall–Kier alpha value is -1.63. The van der Waals surface area contributed by atoms with Crippen molar-refractivity contribution in [3.8, 4) is 0 Å². The number of thiophene rings is 1. The van der Waals surface area contributed by atoms with E-state index >= 15 is 0 Å². The zero-order valence-electron chi connectivity index (χ0n) is 16.8. The maximum Gasteiger partial charge on any atom is 0.263 e. The summed E-state index contributed by atoms with van der Waals surface area (Å²) in [6, 6.07) is 10.1. The van der Waals surface area contributed by atoms with Crippen LogP contribution in [0.2, 0.25) is 0 Å². The summed E-state index contributed by atoms with van der Waals surface area (Å²) in [6.45, 7) is 9.66. The van der Waals surface area contributed by atoms with Crippen molar-refractivity contribution in [3.63, 3.8) is 0 Å². The molecule has 0 spiro atoms. The van der Waals surface area contributed by atoms with Crippen molar-refractivity contribution in [2.75, 3.05) is 0 Å². The van der Waals surface area contributed by atoms with Gasteiger partial charge in [0, 0.05) is 16.5 Å². The molecule has 148 valence electrons. The molecule has 3 aromatic rings. The number of benzene rings is 1. The van der Waals surface area contributed by atoms with Gasteiger partial charge in [0.2, 0.25) is 0 Å². The second-order valence-electron chi connectivity index (χ2n) is 7.89. The highest BCUT2D eigenvalue weighted by Gasteiger charge is 2.33. The molecule has 1 aromatic carbocycles. The Morgan fingerprint density at radius 2 is 2.07 bits per heavy atom. The van der Waals surface area contributed by atoms with E-state index in [2.05, 4.69) is 39.8 Å². The van der Waals surface area contributed by atoms with Gasteiger partial charge in [0.05, 0.1) is 24.1 Å². The van der Waals surface area contributed by atoms with Crippen LogP contribution < -0.4 is 5.56 Å². The molecule has 4 nitrogen and oxygen atoms in total. The molecule has 1 unspecified atom stereocenters. The van der Waals surface area contributed by atoms with E-state index < -0.39 is 0 Å². The molecule has 2 aromatic heterocycles. The predicted octanol–water partition coefficient (Wildman–Crippen LogP) is 5.25. The van der Waals surface area contributed by atoms with Gasteiger partial charge in [-0.2, -0.15) is 0 Å². The Kier molecular flexibility index (Phi) is 5.38. The first-order valence-electron chi connectivity index (χ1n) is 9.80. The Bertz CT molecular complexity index is 1060. The lowest BCUT2D eigenvalue weighted by Crippen LogP contribution is -2.34. The standard InChI is InChI=1S/C22H26N2O2S2/c1-5-22(4)11-16-17(13-26-22)28-19-18(16)20(25)24(21(23-19)27-14(2)3)12-15-9-7-6-8-10-15/h6-10,14H,5,11-13H2,1-4H3. The van der Waals surface area contributed by atoms with Gasteiger partial charge in [-0.3, -0.25) is 9.36 Å². The van der Waals surface area contributed by atoms with Crippen LogP contribution in [0.25, 0.3) is 10.2 Å². The molecule has 0 radical (unpaired) electrons. The highest BCUT2D eigenvalue weighted by atomic mass is 32.2. The zero-order chi connectivity index (χ0) is 19.9. The molecule has 1 aliphatic heterocycles. The van der Waals surface area contributed by atoms with Gasteiger partial charge < -0.3 is 4.74 Å². The molecule has 1 aliphatic rings. The molecular formula is C22H26N2O2S2. The highest BCUT2D eigenvalue weighted by Crippen LogP contribution is 2.39. The maximum absolute atomic E-state index is 13.6. The van der Waals surface area contributed by atoms with Gasteiger partial charge in [-0.25, -0.2) is 4.98 Å². The number of hydrogen-bond donors (Lipinski definition) is 0. The third-order valence-electron chi connectivity index (χ3n) is 5.33. The molecule has 0 amide bonds. The Morgan fingerprint density at radius 3 is 2.75 bits per heavy atom. The second kappa shape index (κ2) is 7.65. The minimum absolute atomic E-state index is 0.0786. The summed E-state index contributed by atoms with van der Waals surface area (Å²) in [5, 5.41) is 1.95. The summed E-state index contributed by atoms with van der Waals surface area (Å²) < 4.78 is 7.96. The lowest BCUT2D eigenvalue weighted by atomic mass is 9.90. The molecule has 1 atom stereocenters. The SMILES string of the molecule is CCC1(C)Cc2c(sc3nc(SC(C)C)n(Cc4ccccc4)c(=O)c23)CO1. The lowest BCUT2D eigenvalue weighted by Gasteiger charge is -2.32. The molecule has 0 saturated carbocycles. The first kappa shape index (κ1) is 19.7. The molecule has 0 saturated heterocycles. The average Bonchev–Trinajstić information content (AvgIpc) is 3.02. The Labute approximate surface area is 174 Å². The first-order valence-corrected chi connectivity index (χ1v) is 11.5. The molecule has 0 fully saturated rings. The number of hydrogen-bond acceptors (Lipinski definition) is 5. The van der Waals surface area contributed by atoms with Crippen LogP contribution in [-0.4, -0.2) is 20.4 Å². The van der Waals surface area contributed by atoms with E-state index in [1.807, 2.05) is 22.8 Å². The summed E-state index contributed by atoms with van der Waals surface area (Å²) in [5.41, 5.74) is 2.14. The van der Waals surface area contributed by atoms with E-state index in [4.69, 9.17) is 9.72 Å². The minimum atomic E-state index is -0.205. The first-order chi connectivity index (χ1) is 13.4. The summed E-state index contributed by atoms with van der Waals surface area (Å²) in [4.78, 5) is 20.6. The number of rotatable bonds is 5. The molecule has 28 heavy (non-hydrogen) atoms. The van der Waals surface area contributed by atoms with Gasteiger partial charge in [-0.1, -0.05) is 62.9 Å². The van der Waals surface area contributed by atoms with E-state index in [9.17, 15) is 4.79 Å². The van der Waals surface area contributed by atoms with Crippen LogP contribution in [0, 0.1) is 0 Å². The van der Waals surface area contributed by atoms with Crippen LogP contribution in [0.3, 0.4) is 0 Å². The third kappa shape index (κ3) is 3.65. The molecule has 0 N–H and O–H groups in total. The van der Waals surface area contributed by atoms with E-state index in [-0.39, 0.29) is 11.2 Å². The van der Waals surface area contributed by atoms with Crippen molar-refractivity contribution >= 4 is 33.3 Å². The molecule has 6 heteroatoms. The number of nitrogens with zero attached hydrogens (tertiary/aromatic N) is 2. The molecule has 0 bridgehead atoms. The Balaban J connectivity index is 1.89. The fraction of sp³-hybridized carbons (Fsp3) is 0.455. The number of aromatic nitrogens is 2. The van der Waals surface area contributed by atoms with Crippen molar-refractivity contribution < 1.29 is 4.74 Å². The van der Waals surface area contributed by atoms with Crippen molar-refractivity contribution in [3.05, 3.63) is 56.7 Å². The van der Waals surface area contributed by atoms with Crippen LogP contribution >= 0.6 is 23.1 Å². The predicted molar refractivity (Wildman–Crippen MR) is 118 cm³/mol. The summed E-state index contributed by atoms with van der Waals surface area (Å²) >= 11 is 3.27. The summed E-state index contributed by atoms with van der Waals surface area (Å²) in [5.74, 6) is 0. The highest BCUT2D eigenvalue weighted by molar-refractivity contribution is 7.99. The number of fused-ring (bicyclic) bond motifs is 3. The van der Waals surface area contributed by atoms with Gasteiger partial charge in [0.1, 0.15) is 4.83 Å². The minimum Gasteiger partial charge on any atom is -0.369 e. The van der Waals surface area contributed by atoms with Crippen LogP contribution in [0.1, 0.15) is 50.1 Å². The van der Waals surface area contributed by atoms with E-state index in [1.165, 1.54) is 0 Å². The monoisotopic (exact) mass is 414 g/mol. The van der Waals surface area contributed by atoms with Crippen molar-refractivity contribution in [1.29, 1.82) is 0 Å². The van der Waals surface area contributed by atoms with Gasteiger partial charge in [-0.05, 0) is 24.5 Å². The smallest absolute Gasteiger partial charge is 0.263 e. The molecule has 3 heterocycles. The van der Waals surface area contributed by atoms with Crippen molar-refractivity contribution in [1.82, 2.24) is 9.55 Å². The molecule has 4 rings (SSSR count). The number of thioether (sulfide) groups is 1. The fourth-order valence-corrected chi connectivity index (χ4v) is 5.56. The quantitative estimate of drug-likeness (QED) is 0.423. The fourth-order valence-electron chi connectivity index (χ4n) is 3.57.